The highest BCUT2D eigenvalue weighted by atomic mass is 32.2. The summed E-state index contributed by atoms with van der Waals surface area (Å²) in [4.78, 5) is 25.9. The minimum absolute atomic E-state index is 0.0245. The number of benzene rings is 1. The van der Waals surface area contributed by atoms with Gasteiger partial charge in [0, 0.05) is 28.8 Å². The molecule has 0 spiro atoms. The molecule has 1 fully saturated rings. The second-order valence-corrected chi connectivity index (χ2v) is 8.22. The van der Waals surface area contributed by atoms with Gasteiger partial charge in [-0.05, 0) is 37.6 Å². The number of carboxylic acids is 1. The van der Waals surface area contributed by atoms with E-state index in [4.69, 9.17) is 0 Å². The molecule has 1 saturated heterocycles. The van der Waals surface area contributed by atoms with Crippen molar-refractivity contribution < 1.29 is 18.9 Å². The van der Waals surface area contributed by atoms with Gasteiger partial charge in [-0.2, -0.15) is 0 Å². The van der Waals surface area contributed by atoms with E-state index in [1.165, 1.54) is 0 Å². The number of amides is 1. The zero-order chi connectivity index (χ0) is 16.5. The zero-order valence-electron chi connectivity index (χ0n) is 13.0. The van der Waals surface area contributed by atoms with Gasteiger partial charge in [0.1, 0.15) is 0 Å². The molecule has 0 radical (unpaired) electrons. The molecule has 1 aliphatic rings. The van der Waals surface area contributed by atoms with Gasteiger partial charge in [-0.3, -0.25) is 13.8 Å². The van der Waals surface area contributed by atoms with Crippen LogP contribution < -0.4 is 0 Å². The summed E-state index contributed by atoms with van der Waals surface area (Å²) in [7, 11) is -1.08. The highest BCUT2D eigenvalue weighted by Crippen LogP contribution is 2.31. The minimum Gasteiger partial charge on any atom is -0.481 e. The first-order valence-electron chi connectivity index (χ1n) is 7.28. The zero-order valence-corrected chi connectivity index (χ0v) is 13.9. The molecular weight excluding hydrogens is 302 g/mol. The molecule has 1 aliphatic heterocycles. The fraction of sp³-hybridized carbons (Fsp3) is 0.500. The van der Waals surface area contributed by atoms with Crippen LogP contribution in [-0.4, -0.2) is 44.4 Å². The summed E-state index contributed by atoms with van der Waals surface area (Å²) in [6, 6.07) is 6.73. The van der Waals surface area contributed by atoms with Gasteiger partial charge >= 0.3 is 5.97 Å². The topological polar surface area (TPSA) is 74.7 Å². The molecule has 1 aromatic carbocycles. The molecule has 1 N–H and O–H groups in total. The number of carboxylic acid groups (broad SMARTS) is 1. The highest BCUT2D eigenvalue weighted by molar-refractivity contribution is 7.85. The highest BCUT2D eigenvalue weighted by Gasteiger charge is 2.42. The van der Waals surface area contributed by atoms with Gasteiger partial charge in [-0.25, -0.2) is 0 Å². The number of hydrogen-bond donors (Lipinski definition) is 1. The maximum atomic E-state index is 12.4. The Labute approximate surface area is 132 Å². The van der Waals surface area contributed by atoms with Crippen molar-refractivity contribution in [2.45, 2.75) is 37.3 Å². The van der Waals surface area contributed by atoms with Crippen molar-refractivity contribution in [3.8, 4) is 0 Å². The lowest BCUT2D eigenvalue weighted by atomic mass is 9.90. The van der Waals surface area contributed by atoms with Gasteiger partial charge in [0.05, 0.1) is 16.2 Å². The molecule has 2 rings (SSSR count). The van der Waals surface area contributed by atoms with Gasteiger partial charge in [-0.1, -0.05) is 13.8 Å². The average Bonchev–Trinajstić information content (AvgIpc) is 2.90. The summed E-state index contributed by atoms with van der Waals surface area (Å²) < 4.78 is 12.0. The van der Waals surface area contributed by atoms with Gasteiger partial charge in [-0.15, -0.1) is 0 Å². The molecule has 5 nitrogen and oxygen atoms in total. The van der Waals surface area contributed by atoms with Crippen LogP contribution in [0.25, 0.3) is 0 Å². The van der Waals surface area contributed by atoms with Crippen LogP contribution in [-0.2, 0) is 15.6 Å². The monoisotopic (exact) mass is 323 g/mol. The van der Waals surface area contributed by atoms with Gasteiger partial charge < -0.3 is 10.0 Å². The maximum Gasteiger partial charge on any atom is 0.311 e. The second kappa shape index (κ2) is 6.20. The quantitative estimate of drug-likeness (QED) is 0.921. The minimum atomic E-state index is -1.08. The molecule has 22 heavy (non-hydrogen) atoms. The molecule has 6 heteroatoms. The summed E-state index contributed by atoms with van der Waals surface area (Å²) in [6.45, 7) is 6.10. The smallest absolute Gasteiger partial charge is 0.311 e. The first-order valence-corrected chi connectivity index (χ1v) is 8.49. The predicted molar refractivity (Wildman–Crippen MR) is 84.2 cm³/mol. The van der Waals surface area contributed by atoms with Crippen molar-refractivity contribution >= 4 is 22.7 Å². The van der Waals surface area contributed by atoms with Crippen LogP contribution in [0.4, 0.5) is 0 Å². The summed E-state index contributed by atoms with van der Waals surface area (Å²) in [6.07, 6.45) is 0.462. The van der Waals surface area contributed by atoms with E-state index in [0.29, 0.717) is 23.4 Å². The first kappa shape index (κ1) is 16.7. The third kappa shape index (κ3) is 3.21. The number of aliphatic carboxylic acids is 1. The molecule has 0 aliphatic carbocycles. The molecule has 0 unspecified atom stereocenters. The maximum absolute atomic E-state index is 12.4. The molecular formula is C16H21NO4S. The van der Waals surface area contributed by atoms with Crippen LogP contribution >= 0.6 is 0 Å². The van der Waals surface area contributed by atoms with Crippen molar-refractivity contribution in [3.05, 3.63) is 29.8 Å². The largest absolute Gasteiger partial charge is 0.481 e. The van der Waals surface area contributed by atoms with Gasteiger partial charge in [0.15, 0.2) is 0 Å². The second-order valence-electron chi connectivity index (χ2n) is 6.21. The van der Waals surface area contributed by atoms with E-state index >= 15 is 0 Å². The number of rotatable bonds is 4. The normalized spacial score (nSPS) is 22.8. The SMILES string of the molecule is CC(C)[S@@](=O)c1ccc(C(=O)N2CC[C@@](C)(C(=O)O)C2)cc1. The Morgan fingerprint density at radius 1 is 1.27 bits per heavy atom. The number of nitrogens with zero attached hydrogens (tertiary/aromatic N) is 1. The summed E-state index contributed by atoms with van der Waals surface area (Å²) in [5.74, 6) is -1.04. The number of carbonyl (C=O) groups is 2. The lowest BCUT2D eigenvalue weighted by molar-refractivity contribution is -0.147. The van der Waals surface area contributed by atoms with Crippen molar-refractivity contribution in [2.75, 3.05) is 13.1 Å². The fourth-order valence-electron chi connectivity index (χ4n) is 2.50. The summed E-state index contributed by atoms with van der Waals surface area (Å²) in [5, 5.41) is 9.24. The molecule has 1 aromatic rings. The van der Waals surface area contributed by atoms with Crippen LogP contribution in [0.3, 0.4) is 0 Å². The number of hydrogen-bond acceptors (Lipinski definition) is 3. The average molecular weight is 323 g/mol. The molecule has 0 aromatic heterocycles. The summed E-state index contributed by atoms with van der Waals surface area (Å²) >= 11 is 0. The lowest BCUT2D eigenvalue weighted by Crippen LogP contribution is -2.34. The third-order valence-corrected chi connectivity index (χ3v) is 5.63. The van der Waals surface area contributed by atoms with E-state index in [1.54, 1.807) is 36.1 Å². The van der Waals surface area contributed by atoms with Crippen LogP contribution in [0.2, 0.25) is 0 Å². The Morgan fingerprint density at radius 2 is 1.86 bits per heavy atom. The number of carbonyl (C=O) groups excluding carboxylic acids is 1. The van der Waals surface area contributed by atoms with Crippen molar-refractivity contribution in [3.63, 3.8) is 0 Å². The van der Waals surface area contributed by atoms with E-state index in [9.17, 15) is 18.9 Å². The Hall–Kier alpha value is -1.69. The van der Waals surface area contributed by atoms with Gasteiger partial charge in [0.2, 0.25) is 0 Å². The van der Waals surface area contributed by atoms with Crippen molar-refractivity contribution in [1.82, 2.24) is 4.90 Å². The van der Waals surface area contributed by atoms with Crippen LogP contribution in [0.1, 0.15) is 37.6 Å². The Morgan fingerprint density at radius 3 is 2.32 bits per heavy atom. The van der Waals surface area contributed by atoms with E-state index in [0.717, 1.165) is 0 Å². The Kier molecular flexibility index (Phi) is 4.70. The van der Waals surface area contributed by atoms with Crippen molar-refractivity contribution in [1.29, 1.82) is 0 Å². The van der Waals surface area contributed by atoms with Crippen LogP contribution in [0.5, 0.6) is 0 Å². The lowest BCUT2D eigenvalue weighted by Gasteiger charge is -2.20. The number of likely N-dealkylation sites (tertiary alicyclic amines) is 1. The third-order valence-electron chi connectivity index (χ3n) is 4.04. The first-order chi connectivity index (χ1) is 10.2. The Bertz CT molecular complexity index is 611. The molecule has 0 bridgehead atoms. The summed E-state index contributed by atoms with van der Waals surface area (Å²) in [5.41, 5.74) is -0.367. The molecule has 0 saturated carbocycles. The molecule has 1 heterocycles. The fourth-order valence-corrected chi connectivity index (χ4v) is 3.44. The van der Waals surface area contributed by atoms with Crippen LogP contribution in [0.15, 0.2) is 29.2 Å². The standard InChI is InChI=1S/C16H21NO4S/c1-11(2)22(21)13-6-4-12(5-7-13)14(18)17-9-8-16(3,10-17)15(19)20/h4-7,11H,8-10H2,1-3H3,(H,19,20)/t16-,22-/m1/s1. The van der Waals surface area contributed by atoms with E-state index < -0.39 is 22.2 Å². The van der Waals surface area contributed by atoms with Crippen LogP contribution in [0, 0.1) is 5.41 Å². The molecule has 120 valence electrons. The van der Waals surface area contributed by atoms with E-state index in [-0.39, 0.29) is 17.7 Å². The van der Waals surface area contributed by atoms with E-state index in [2.05, 4.69) is 0 Å². The van der Waals surface area contributed by atoms with E-state index in [1.807, 2.05) is 13.8 Å². The molecule has 1 amide bonds. The predicted octanol–water partition coefficient (Wildman–Crippen LogP) is 2.14. The Balaban J connectivity index is 2.11. The van der Waals surface area contributed by atoms with Crippen molar-refractivity contribution in [2.24, 2.45) is 5.41 Å². The van der Waals surface area contributed by atoms with Gasteiger partial charge in [0.25, 0.3) is 5.91 Å². The molecule has 2 atom stereocenters.